The maximum Gasteiger partial charge on any atom is 0.123 e. The molecule has 1 saturated heterocycles. The summed E-state index contributed by atoms with van der Waals surface area (Å²) >= 11 is 0. The molecule has 2 fully saturated rings. The summed E-state index contributed by atoms with van der Waals surface area (Å²) in [6.07, 6.45) is 4.29. The number of benzene rings is 1. The van der Waals surface area contributed by atoms with Crippen LogP contribution in [-0.2, 0) is 16.0 Å². The van der Waals surface area contributed by atoms with Crippen LogP contribution in [0.3, 0.4) is 0 Å². The summed E-state index contributed by atoms with van der Waals surface area (Å²) < 4.78 is 24.6. The highest BCUT2D eigenvalue weighted by atomic mass is 19.1. The second kappa shape index (κ2) is 7.36. The van der Waals surface area contributed by atoms with E-state index in [4.69, 9.17) is 9.47 Å². The summed E-state index contributed by atoms with van der Waals surface area (Å²) in [5, 5.41) is 0. The van der Waals surface area contributed by atoms with Gasteiger partial charge in [-0.15, -0.1) is 6.58 Å². The van der Waals surface area contributed by atoms with Crippen molar-refractivity contribution in [2.24, 2.45) is 5.92 Å². The molecule has 0 bridgehead atoms. The molecule has 4 heteroatoms. The van der Waals surface area contributed by atoms with Crippen molar-refractivity contribution in [1.29, 1.82) is 0 Å². The minimum Gasteiger partial charge on any atom is -0.377 e. The topological polar surface area (TPSA) is 21.7 Å². The van der Waals surface area contributed by atoms with E-state index in [-0.39, 0.29) is 5.82 Å². The van der Waals surface area contributed by atoms with Gasteiger partial charge in [-0.3, -0.25) is 4.90 Å². The van der Waals surface area contributed by atoms with Gasteiger partial charge in [0, 0.05) is 25.7 Å². The van der Waals surface area contributed by atoms with Crippen LogP contribution in [0.5, 0.6) is 0 Å². The maximum absolute atomic E-state index is 13.0. The molecule has 22 heavy (non-hydrogen) atoms. The van der Waals surface area contributed by atoms with E-state index in [1.54, 1.807) is 6.08 Å². The molecular formula is C18H24FNO2. The Morgan fingerprint density at radius 1 is 1.32 bits per heavy atom. The Labute approximate surface area is 131 Å². The molecule has 1 aromatic rings. The first-order chi connectivity index (χ1) is 10.8. The molecule has 1 heterocycles. The van der Waals surface area contributed by atoms with Gasteiger partial charge in [-0.2, -0.15) is 0 Å². The van der Waals surface area contributed by atoms with Crippen LogP contribution in [-0.4, -0.2) is 43.4 Å². The predicted octanol–water partition coefficient (Wildman–Crippen LogP) is 3.01. The van der Waals surface area contributed by atoms with Crippen LogP contribution in [0.1, 0.15) is 18.4 Å². The summed E-state index contributed by atoms with van der Waals surface area (Å²) in [5.74, 6) is 0.382. The summed E-state index contributed by atoms with van der Waals surface area (Å²) in [7, 11) is 0. The van der Waals surface area contributed by atoms with Crippen molar-refractivity contribution in [3.8, 4) is 0 Å². The monoisotopic (exact) mass is 305 g/mol. The first-order valence-corrected chi connectivity index (χ1v) is 8.05. The van der Waals surface area contributed by atoms with Gasteiger partial charge in [-0.1, -0.05) is 18.2 Å². The maximum atomic E-state index is 13.0. The molecular weight excluding hydrogens is 281 g/mol. The highest BCUT2D eigenvalue weighted by Gasteiger charge is 2.40. The van der Waals surface area contributed by atoms with Crippen LogP contribution in [0.4, 0.5) is 4.39 Å². The van der Waals surface area contributed by atoms with Gasteiger partial charge < -0.3 is 9.47 Å². The van der Waals surface area contributed by atoms with Crippen LogP contribution in [0.25, 0.3) is 0 Å². The van der Waals surface area contributed by atoms with Crippen LogP contribution in [0, 0.1) is 11.7 Å². The van der Waals surface area contributed by atoms with Crippen LogP contribution >= 0.6 is 0 Å². The summed E-state index contributed by atoms with van der Waals surface area (Å²) in [6.45, 7) is 7.67. The summed E-state index contributed by atoms with van der Waals surface area (Å²) in [6, 6.07) is 7.27. The number of morpholine rings is 1. The second-order valence-electron chi connectivity index (χ2n) is 6.24. The molecule has 3 rings (SSSR count). The van der Waals surface area contributed by atoms with Crippen molar-refractivity contribution >= 4 is 0 Å². The predicted molar refractivity (Wildman–Crippen MR) is 84.1 cm³/mol. The van der Waals surface area contributed by atoms with E-state index in [0.29, 0.717) is 24.7 Å². The molecule has 120 valence electrons. The Morgan fingerprint density at radius 3 is 2.91 bits per heavy atom. The van der Waals surface area contributed by atoms with Gasteiger partial charge in [0.05, 0.1) is 19.3 Å². The molecule has 1 aliphatic heterocycles. The summed E-state index contributed by atoms with van der Waals surface area (Å²) in [4.78, 5) is 2.48. The molecule has 2 aliphatic rings. The molecule has 0 amide bonds. The zero-order valence-corrected chi connectivity index (χ0v) is 12.9. The minimum absolute atomic E-state index is 0.177. The fraction of sp³-hybridized carbons (Fsp3) is 0.556. The Bertz CT molecular complexity index is 490. The molecule has 3 atom stereocenters. The van der Waals surface area contributed by atoms with Crippen LogP contribution in [0.15, 0.2) is 36.9 Å². The Balaban J connectivity index is 1.58. The summed E-state index contributed by atoms with van der Waals surface area (Å²) in [5.41, 5.74) is 1.16. The van der Waals surface area contributed by atoms with Gasteiger partial charge in [-0.05, 0) is 36.5 Å². The molecule has 0 spiro atoms. The van der Waals surface area contributed by atoms with E-state index in [2.05, 4.69) is 11.5 Å². The zero-order chi connectivity index (χ0) is 15.4. The lowest BCUT2D eigenvalue weighted by molar-refractivity contribution is -0.0591. The largest absolute Gasteiger partial charge is 0.377 e. The molecule has 3 unspecified atom stereocenters. The highest BCUT2D eigenvalue weighted by molar-refractivity contribution is 5.16. The molecule has 0 N–H and O–H groups in total. The van der Waals surface area contributed by atoms with E-state index in [9.17, 15) is 4.39 Å². The lowest BCUT2D eigenvalue weighted by Gasteiger charge is -2.37. The second-order valence-corrected chi connectivity index (χ2v) is 6.24. The SMILES string of the molecule is C=CCOCC1CC2OCCN(Cc3ccc(F)cc3)C2C1. The third-order valence-electron chi connectivity index (χ3n) is 4.64. The van der Waals surface area contributed by atoms with E-state index in [1.807, 2.05) is 12.1 Å². The number of rotatable bonds is 6. The number of halogens is 1. The fourth-order valence-corrected chi connectivity index (χ4v) is 3.60. The van der Waals surface area contributed by atoms with Crippen molar-refractivity contribution in [2.75, 3.05) is 26.4 Å². The van der Waals surface area contributed by atoms with Crippen molar-refractivity contribution in [3.05, 3.63) is 48.3 Å². The van der Waals surface area contributed by atoms with Crippen molar-refractivity contribution < 1.29 is 13.9 Å². The first kappa shape index (κ1) is 15.7. The van der Waals surface area contributed by atoms with Crippen LogP contribution in [0.2, 0.25) is 0 Å². The average Bonchev–Trinajstić information content (AvgIpc) is 2.94. The molecule has 1 saturated carbocycles. The van der Waals surface area contributed by atoms with Gasteiger partial charge in [0.25, 0.3) is 0 Å². The number of nitrogens with zero attached hydrogens (tertiary/aromatic N) is 1. The van der Waals surface area contributed by atoms with E-state index < -0.39 is 0 Å². The smallest absolute Gasteiger partial charge is 0.123 e. The quantitative estimate of drug-likeness (QED) is 0.596. The molecule has 0 aromatic heterocycles. The number of ether oxygens (including phenoxy) is 2. The minimum atomic E-state index is -0.177. The molecule has 3 nitrogen and oxygen atoms in total. The van der Waals surface area contributed by atoms with Gasteiger partial charge in [0.15, 0.2) is 0 Å². The zero-order valence-electron chi connectivity index (χ0n) is 12.9. The van der Waals surface area contributed by atoms with E-state index in [1.165, 1.54) is 12.1 Å². The normalized spacial score (nSPS) is 28.5. The van der Waals surface area contributed by atoms with Gasteiger partial charge in [0.2, 0.25) is 0 Å². The number of hydrogen-bond donors (Lipinski definition) is 0. The standard InChI is InChI=1S/C18H24FNO2/c1-2-8-21-13-15-10-17-18(11-15)22-9-7-20(17)12-14-3-5-16(19)6-4-14/h2-6,15,17-18H,1,7-13H2. The lowest BCUT2D eigenvalue weighted by atomic mass is 10.1. The third kappa shape index (κ3) is 3.75. The Kier molecular flexibility index (Phi) is 5.24. The van der Waals surface area contributed by atoms with Gasteiger partial charge >= 0.3 is 0 Å². The van der Waals surface area contributed by atoms with Gasteiger partial charge in [-0.25, -0.2) is 4.39 Å². The Morgan fingerprint density at radius 2 is 2.14 bits per heavy atom. The first-order valence-electron chi connectivity index (χ1n) is 8.05. The third-order valence-corrected chi connectivity index (χ3v) is 4.64. The van der Waals surface area contributed by atoms with Crippen LogP contribution < -0.4 is 0 Å². The molecule has 1 aromatic carbocycles. The highest BCUT2D eigenvalue weighted by Crippen LogP contribution is 2.35. The van der Waals surface area contributed by atoms with E-state index >= 15 is 0 Å². The van der Waals surface area contributed by atoms with Crippen molar-refractivity contribution in [2.45, 2.75) is 31.5 Å². The molecule has 1 aliphatic carbocycles. The number of fused-ring (bicyclic) bond motifs is 1. The van der Waals surface area contributed by atoms with Gasteiger partial charge in [0.1, 0.15) is 5.82 Å². The van der Waals surface area contributed by atoms with Crippen molar-refractivity contribution in [3.63, 3.8) is 0 Å². The Hall–Kier alpha value is -1.23. The van der Waals surface area contributed by atoms with E-state index in [0.717, 1.165) is 44.7 Å². The average molecular weight is 305 g/mol. The van der Waals surface area contributed by atoms with Crippen molar-refractivity contribution in [1.82, 2.24) is 4.90 Å². The molecule has 0 radical (unpaired) electrons. The lowest BCUT2D eigenvalue weighted by Crippen LogP contribution is -2.47. The fourth-order valence-electron chi connectivity index (χ4n) is 3.60. The number of hydrogen-bond acceptors (Lipinski definition) is 3.